The molecule has 26 heteroatoms. The van der Waals surface area contributed by atoms with Gasteiger partial charge in [0.15, 0.2) is 0 Å². The fraction of sp³-hybridized carbons (Fsp3) is 1.00. The van der Waals surface area contributed by atoms with E-state index in [0.29, 0.717) is 311 Å². The zero-order chi connectivity index (χ0) is 62.8. The Hall–Kier alpha value is -1.04. The Balaban J connectivity index is 3.08. The van der Waals surface area contributed by atoms with Gasteiger partial charge in [0.1, 0.15) is 6.79 Å². The molecule has 0 fully saturated rings. The van der Waals surface area contributed by atoms with Crippen molar-refractivity contribution in [2.75, 3.05) is 331 Å². The quantitative estimate of drug-likeness (QED) is 0.0642. The Bertz CT molecular complexity index is 1100. The smallest absolute Gasteiger partial charge is 0.146 e. The Kier molecular flexibility index (Phi) is 84.9. The molecular weight excluding hydrogens is 1160 g/mol. The minimum absolute atomic E-state index is 0.0181. The van der Waals surface area contributed by atoms with Crippen molar-refractivity contribution in [1.82, 2.24) is 0 Å². The number of ether oxygens (including phenoxy) is 25. The average molecular weight is 1290 g/mol. The first-order chi connectivity index (χ1) is 43.9. The SMILES string of the molecule is CCCCCCCCCCCCOCCOCCOCCOCCOCCOCCOCCOCOCCCOCCOCCOCCOCCOCCOCCOCCOCCOCCOCCOCCOCCOCCOCCOCCOCCO. The Morgan fingerprint density at radius 1 is 0.136 bits per heavy atom. The highest BCUT2D eigenvalue weighted by atomic mass is 16.7. The third-order valence-corrected chi connectivity index (χ3v) is 11.8. The molecule has 0 rings (SSSR count). The van der Waals surface area contributed by atoms with Crippen LogP contribution in [0.3, 0.4) is 0 Å². The summed E-state index contributed by atoms with van der Waals surface area (Å²) >= 11 is 0. The molecule has 0 aliphatic rings. The third-order valence-electron chi connectivity index (χ3n) is 11.8. The molecule has 0 aromatic rings. The van der Waals surface area contributed by atoms with Crippen LogP contribution in [0.1, 0.15) is 77.6 Å². The molecule has 88 heavy (non-hydrogen) atoms. The van der Waals surface area contributed by atoms with Crippen LogP contribution in [0.15, 0.2) is 0 Å². The van der Waals surface area contributed by atoms with Gasteiger partial charge in [-0.1, -0.05) is 64.7 Å². The van der Waals surface area contributed by atoms with Crippen molar-refractivity contribution >= 4 is 0 Å². The van der Waals surface area contributed by atoms with Crippen LogP contribution < -0.4 is 0 Å². The predicted molar refractivity (Wildman–Crippen MR) is 329 cm³/mol. The highest BCUT2D eigenvalue weighted by Gasteiger charge is 2.01. The molecule has 0 spiro atoms. The van der Waals surface area contributed by atoms with Gasteiger partial charge in [0, 0.05) is 13.2 Å². The molecule has 0 heterocycles. The summed E-state index contributed by atoms with van der Waals surface area (Å²) in [6.45, 7) is 26.8. The van der Waals surface area contributed by atoms with Crippen molar-refractivity contribution in [2.24, 2.45) is 0 Å². The summed E-state index contributed by atoms with van der Waals surface area (Å²) in [6, 6.07) is 0. The Morgan fingerprint density at radius 2 is 0.273 bits per heavy atom. The molecule has 0 aliphatic carbocycles. The third kappa shape index (κ3) is 85.0. The molecular formula is C62H126O26. The maximum atomic E-state index is 8.62. The van der Waals surface area contributed by atoms with Gasteiger partial charge in [-0.2, -0.15) is 0 Å². The highest BCUT2D eigenvalue weighted by molar-refractivity contribution is 4.49. The molecule has 0 aromatic heterocycles. The van der Waals surface area contributed by atoms with Crippen LogP contribution in [0.2, 0.25) is 0 Å². The van der Waals surface area contributed by atoms with E-state index in [0.717, 1.165) is 19.4 Å². The summed E-state index contributed by atoms with van der Waals surface area (Å²) in [4.78, 5) is 0. The predicted octanol–water partition coefficient (Wildman–Crippen LogP) is 4.66. The van der Waals surface area contributed by atoms with Gasteiger partial charge in [0.05, 0.1) is 311 Å². The van der Waals surface area contributed by atoms with E-state index in [9.17, 15) is 0 Å². The van der Waals surface area contributed by atoms with Crippen LogP contribution in [-0.2, 0) is 118 Å². The van der Waals surface area contributed by atoms with E-state index in [-0.39, 0.29) is 13.4 Å². The van der Waals surface area contributed by atoms with E-state index < -0.39 is 0 Å². The van der Waals surface area contributed by atoms with Crippen LogP contribution in [0.4, 0.5) is 0 Å². The number of rotatable bonds is 85. The lowest BCUT2D eigenvalue weighted by Gasteiger charge is -2.09. The monoisotopic (exact) mass is 1290 g/mol. The molecule has 0 amide bonds. The molecule has 26 nitrogen and oxygen atoms in total. The minimum Gasteiger partial charge on any atom is -0.394 e. The van der Waals surface area contributed by atoms with E-state index in [1.165, 1.54) is 57.8 Å². The van der Waals surface area contributed by atoms with Crippen LogP contribution in [0.25, 0.3) is 0 Å². The van der Waals surface area contributed by atoms with Gasteiger partial charge in [-0.25, -0.2) is 0 Å². The number of aliphatic hydroxyl groups is 1. The summed E-state index contributed by atoms with van der Waals surface area (Å²) in [5, 5.41) is 8.62. The van der Waals surface area contributed by atoms with Crippen molar-refractivity contribution in [3.63, 3.8) is 0 Å². The second kappa shape index (κ2) is 86.0. The topological polar surface area (TPSA) is 251 Å². The van der Waals surface area contributed by atoms with Crippen LogP contribution in [-0.4, -0.2) is 336 Å². The van der Waals surface area contributed by atoms with Crippen molar-refractivity contribution in [1.29, 1.82) is 0 Å². The highest BCUT2D eigenvalue weighted by Crippen LogP contribution is 2.10. The first-order valence-electron chi connectivity index (χ1n) is 33.0. The molecule has 0 aliphatic heterocycles. The van der Waals surface area contributed by atoms with Gasteiger partial charge in [-0.3, -0.25) is 0 Å². The number of unbranched alkanes of at least 4 members (excludes halogenated alkanes) is 9. The normalized spacial score (nSPS) is 11.8. The molecule has 0 saturated carbocycles. The lowest BCUT2D eigenvalue weighted by molar-refractivity contribution is -0.0770. The van der Waals surface area contributed by atoms with Crippen LogP contribution in [0.5, 0.6) is 0 Å². The molecule has 0 unspecified atom stereocenters. The van der Waals surface area contributed by atoms with Gasteiger partial charge < -0.3 is 124 Å². The second-order valence-electron chi connectivity index (χ2n) is 19.3. The van der Waals surface area contributed by atoms with Crippen molar-refractivity contribution in [3.8, 4) is 0 Å². The summed E-state index contributed by atoms with van der Waals surface area (Å²) < 4.78 is 137. The maximum Gasteiger partial charge on any atom is 0.146 e. The summed E-state index contributed by atoms with van der Waals surface area (Å²) in [5.41, 5.74) is 0. The van der Waals surface area contributed by atoms with Gasteiger partial charge >= 0.3 is 0 Å². The van der Waals surface area contributed by atoms with E-state index in [4.69, 9.17) is 124 Å². The lowest BCUT2D eigenvalue weighted by atomic mass is 10.1. The maximum absolute atomic E-state index is 8.62. The molecule has 0 aromatic carbocycles. The molecule has 0 radical (unpaired) electrons. The number of hydrogen-bond acceptors (Lipinski definition) is 26. The van der Waals surface area contributed by atoms with E-state index in [1.54, 1.807) is 0 Å². The second-order valence-corrected chi connectivity index (χ2v) is 19.3. The van der Waals surface area contributed by atoms with Gasteiger partial charge in [-0.05, 0) is 12.8 Å². The van der Waals surface area contributed by atoms with Crippen LogP contribution in [0, 0.1) is 0 Å². The van der Waals surface area contributed by atoms with E-state index in [2.05, 4.69) is 6.92 Å². The standard InChI is InChI=1S/C62H126O26/c1-2-3-4-5-6-7-8-9-10-11-14-64-18-21-67-24-27-70-30-33-73-54-55-84-56-57-85-58-59-86-60-61-88-62-87-16-12-15-65-19-22-68-25-28-71-31-34-74-36-38-76-40-42-78-44-46-80-48-50-82-52-53-83-51-49-81-47-45-79-43-41-77-39-37-75-35-32-72-29-26-69-23-20-66-17-13-63/h63H,2-62H2,1H3. The molecule has 0 bridgehead atoms. The van der Waals surface area contributed by atoms with Gasteiger partial charge in [-0.15, -0.1) is 0 Å². The lowest BCUT2D eigenvalue weighted by Crippen LogP contribution is -2.16. The van der Waals surface area contributed by atoms with Crippen LogP contribution >= 0.6 is 0 Å². The largest absolute Gasteiger partial charge is 0.394 e. The van der Waals surface area contributed by atoms with Crippen molar-refractivity contribution < 1.29 is 124 Å². The van der Waals surface area contributed by atoms with E-state index in [1.807, 2.05) is 0 Å². The van der Waals surface area contributed by atoms with Crippen molar-refractivity contribution in [3.05, 3.63) is 0 Å². The molecule has 0 saturated heterocycles. The fourth-order valence-electron chi connectivity index (χ4n) is 7.14. The summed E-state index contributed by atoms with van der Waals surface area (Å²) in [6.07, 6.45) is 14.1. The zero-order valence-corrected chi connectivity index (χ0v) is 54.8. The zero-order valence-electron chi connectivity index (χ0n) is 54.8. The first kappa shape index (κ1) is 87.0. The average Bonchev–Trinajstić information content (AvgIpc) is 3.54. The van der Waals surface area contributed by atoms with Gasteiger partial charge in [0.25, 0.3) is 0 Å². The van der Waals surface area contributed by atoms with Gasteiger partial charge in [0.2, 0.25) is 0 Å². The first-order valence-corrected chi connectivity index (χ1v) is 33.0. The molecule has 530 valence electrons. The summed E-state index contributed by atoms with van der Waals surface area (Å²) in [7, 11) is 0. The number of hydrogen-bond donors (Lipinski definition) is 1. The van der Waals surface area contributed by atoms with Crippen molar-refractivity contribution in [2.45, 2.75) is 77.6 Å². The number of aliphatic hydroxyl groups excluding tert-OH is 1. The Morgan fingerprint density at radius 3 is 0.477 bits per heavy atom. The Labute approximate surface area is 530 Å². The van der Waals surface area contributed by atoms with E-state index >= 15 is 0 Å². The summed E-state index contributed by atoms with van der Waals surface area (Å²) in [5.74, 6) is 0. The fourth-order valence-corrected chi connectivity index (χ4v) is 7.14. The minimum atomic E-state index is 0.0181. The molecule has 0 atom stereocenters. The molecule has 1 N–H and O–H groups in total.